The SMILES string of the molecule is CCC(CC)CC(NC)c1ccn(-c2ccccc2)n1. The molecule has 108 valence electrons. The van der Waals surface area contributed by atoms with Crippen molar-refractivity contribution in [3.05, 3.63) is 48.3 Å². The molecule has 1 unspecified atom stereocenters. The maximum atomic E-state index is 4.73. The molecular formula is C17H25N3. The van der Waals surface area contributed by atoms with Gasteiger partial charge in [0.25, 0.3) is 0 Å². The molecule has 0 spiro atoms. The fraction of sp³-hybridized carbons (Fsp3) is 0.471. The van der Waals surface area contributed by atoms with E-state index in [0.29, 0.717) is 6.04 Å². The van der Waals surface area contributed by atoms with Crippen molar-refractivity contribution in [2.24, 2.45) is 5.92 Å². The topological polar surface area (TPSA) is 29.9 Å². The number of nitrogens with one attached hydrogen (secondary N) is 1. The van der Waals surface area contributed by atoms with Gasteiger partial charge in [0.2, 0.25) is 0 Å². The van der Waals surface area contributed by atoms with E-state index in [-0.39, 0.29) is 0 Å². The smallest absolute Gasteiger partial charge is 0.0798 e. The zero-order valence-electron chi connectivity index (χ0n) is 12.7. The highest BCUT2D eigenvalue weighted by Gasteiger charge is 2.17. The molecule has 0 aliphatic rings. The molecule has 3 nitrogen and oxygen atoms in total. The first-order chi connectivity index (χ1) is 9.78. The molecule has 2 aromatic rings. The molecule has 2 rings (SSSR count). The Hall–Kier alpha value is -1.61. The van der Waals surface area contributed by atoms with E-state index in [0.717, 1.165) is 23.7 Å². The van der Waals surface area contributed by atoms with Crippen LogP contribution < -0.4 is 5.32 Å². The quantitative estimate of drug-likeness (QED) is 0.826. The first-order valence-electron chi connectivity index (χ1n) is 7.56. The Morgan fingerprint density at radius 3 is 2.40 bits per heavy atom. The summed E-state index contributed by atoms with van der Waals surface area (Å²) in [5.74, 6) is 0.759. The molecule has 1 atom stereocenters. The number of hydrogen-bond donors (Lipinski definition) is 1. The van der Waals surface area contributed by atoms with Crippen LogP contribution in [0.5, 0.6) is 0 Å². The maximum Gasteiger partial charge on any atom is 0.0798 e. The minimum Gasteiger partial charge on any atom is -0.312 e. The third-order valence-electron chi connectivity index (χ3n) is 4.06. The minimum atomic E-state index is 0.338. The maximum absolute atomic E-state index is 4.73. The average molecular weight is 271 g/mol. The zero-order chi connectivity index (χ0) is 14.4. The van der Waals surface area contributed by atoms with Gasteiger partial charge in [-0.3, -0.25) is 0 Å². The molecule has 3 heteroatoms. The summed E-state index contributed by atoms with van der Waals surface area (Å²) in [5, 5.41) is 8.13. The highest BCUT2D eigenvalue weighted by atomic mass is 15.3. The Balaban J connectivity index is 2.14. The Bertz CT molecular complexity index is 500. The molecule has 20 heavy (non-hydrogen) atoms. The number of nitrogens with zero attached hydrogens (tertiary/aromatic N) is 2. The van der Waals surface area contributed by atoms with Crippen molar-refractivity contribution >= 4 is 0 Å². The molecular weight excluding hydrogens is 246 g/mol. The van der Waals surface area contributed by atoms with E-state index in [2.05, 4.69) is 37.4 Å². The van der Waals surface area contributed by atoms with Gasteiger partial charge in [-0.2, -0.15) is 5.10 Å². The molecule has 1 N–H and O–H groups in total. The van der Waals surface area contributed by atoms with Crippen LogP contribution in [0.1, 0.15) is 44.8 Å². The molecule has 0 fully saturated rings. The van der Waals surface area contributed by atoms with E-state index in [1.165, 1.54) is 12.8 Å². The Labute approximate surface area is 122 Å². The predicted octanol–water partition coefficient (Wildman–Crippen LogP) is 3.96. The fourth-order valence-corrected chi connectivity index (χ4v) is 2.59. The van der Waals surface area contributed by atoms with Gasteiger partial charge in [-0.15, -0.1) is 0 Å². The van der Waals surface area contributed by atoms with E-state index in [1.54, 1.807) is 0 Å². The number of rotatable bonds is 7. The molecule has 0 aliphatic carbocycles. The summed E-state index contributed by atoms with van der Waals surface area (Å²) in [6.45, 7) is 4.53. The minimum absolute atomic E-state index is 0.338. The molecule has 0 saturated heterocycles. The van der Waals surface area contributed by atoms with Crippen molar-refractivity contribution in [2.45, 2.75) is 39.2 Å². The average Bonchev–Trinajstić information content (AvgIpc) is 2.99. The van der Waals surface area contributed by atoms with Gasteiger partial charge < -0.3 is 5.32 Å². The summed E-state index contributed by atoms with van der Waals surface area (Å²) in [7, 11) is 2.02. The standard InChI is InChI=1S/C17H25N3/c1-4-14(5-2)13-17(18-3)16-11-12-20(19-16)15-9-7-6-8-10-15/h6-12,14,17-18H,4-5,13H2,1-3H3. The van der Waals surface area contributed by atoms with Crippen LogP contribution in [-0.4, -0.2) is 16.8 Å². The molecule has 0 amide bonds. The molecule has 1 heterocycles. The van der Waals surface area contributed by atoms with E-state index in [9.17, 15) is 0 Å². The fourth-order valence-electron chi connectivity index (χ4n) is 2.59. The van der Waals surface area contributed by atoms with E-state index in [4.69, 9.17) is 5.10 Å². The van der Waals surface area contributed by atoms with Crippen molar-refractivity contribution in [1.82, 2.24) is 15.1 Å². The Morgan fingerprint density at radius 2 is 1.80 bits per heavy atom. The summed E-state index contributed by atoms with van der Waals surface area (Å²) in [6.07, 6.45) is 5.65. The van der Waals surface area contributed by atoms with E-state index in [1.807, 2.05) is 36.1 Å². The normalized spacial score (nSPS) is 12.8. The van der Waals surface area contributed by atoms with Gasteiger partial charge in [-0.1, -0.05) is 44.9 Å². The van der Waals surface area contributed by atoms with Crippen molar-refractivity contribution in [1.29, 1.82) is 0 Å². The van der Waals surface area contributed by atoms with Crippen LogP contribution in [0, 0.1) is 5.92 Å². The summed E-state index contributed by atoms with van der Waals surface area (Å²) < 4.78 is 1.95. The third-order valence-corrected chi connectivity index (χ3v) is 4.06. The number of aromatic nitrogens is 2. The van der Waals surface area contributed by atoms with Crippen LogP contribution in [0.4, 0.5) is 0 Å². The molecule has 1 aromatic carbocycles. The first-order valence-corrected chi connectivity index (χ1v) is 7.56. The van der Waals surface area contributed by atoms with Gasteiger partial charge >= 0.3 is 0 Å². The van der Waals surface area contributed by atoms with Crippen LogP contribution in [0.25, 0.3) is 5.69 Å². The van der Waals surface area contributed by atoms with Gasteiger partial charge in [0, 0.05) is 6.20 Å². The van der Waals surface area contributed by atoms with Crippen molar-refractivity contribution < 1.29 is 0 Å². The lowest BCUT2D eigenvalue weighted by atomic mass is 9.93. The van der Waals surface area contributed by atoms with Crippen LogP contribution in [-0.2, 0) is 0 Å². The summed E-state index contributed by atoms with van der Waals surface area (Å²) in [5.41, 5.74) is 2.24. The lowest BCUT2D eigenvalue weighted by Crippen LogP contribution is -2.20. The van der Waals surface area contributed by atoms with Crippen molar-refractivity contribution in [3.8, 4) is 5.69 Å². The Kier molecular flexibility index (Phi) is 5.36. The van der Waals surface area contributed by atoms with Crippen LogP contribution in [0.15, 0.2) is 42.6 Å². The van der Waals surface area contributed by atoms with Gasteiger partial charge in [0.05, 0.1) is 17.4 Å². The molecule has 0 bridgehead atoms. The summed E-state index contributed by atoms with van der Waals surface area (Å²) >= 11 is 0. The predicted molar refractivity (Wildman–Crippen MR) is 84.1 cm³/mol. The van der Waals surface area contributed by atoms with Gasteiger partial charge in [0.1, 0.15) is 0 Å². The molecule has 1 aromatic heterocycles. The third kappa shape index (κ3) is 3.48. The second kappa shape index (κ2) is 7.25. The van der Waals surface area contributed by atoms with E-state index < -0.39 is 0 Å². The van der Waals surface area contributed by atoms with Crippen LogP contribution in [0.2, 0.25) is 0 Å². The first kappa shape index (κ1) is 14.8. The largest absolute Gasteiger partial charge is 0.312 e. The van der Waals surface area contributed by atoms with Gasteiger partial charge in [-0.05, 0) is 37.6 Å². The molecule has 0 saturated carbocycles. The monoisotopic (exact) mass is 271 g/mol. The van der Waals surface area contributed by atoms with Crippen molar-refractivity contribution in [2.75, 3.05) is 7.05 Å². The lowest BCUT2D eigenvalue weighted by molar-refractivity contribution is 0.380. The second-order valence-corrected chi connectivity index (χ2v) is 5.28. The van der Waals surface area contributed by atoms with Gasteiger partial charge in [0.15, 0.2) is 0 Å². The molecule has 0 aliphatic heterocycles. The van der Waals surface area contributed by atoms with Crippen molar-refractivity contribution in [3.63, 3.8) is 0 Å². The molecule has 0 radical (unpaired) electrons. The second-order valence-electron chi connectivity index (χ2n) is 5.28. The lowest BCUT2D eigenvalue weighted by Gasteiger charge is -2.19. The highest BCUT2D eigenvalue weighted by Crippen LogP contribution is 2.24. The van der Waals surface area contributed by atoms with Gasteiger partial charge in [-0.25, -0.2) is 4.68 Å². The van der Waals surface area contributed by atoms with E-state index >= 15 is 0 Å². The number of para-hydroxylation sites is 1. The summed E-state index contributed by atoms with van der Waals surface area (Å²) in [4.78, 5) is 0. The van der Waals surface area contributed by atoms with Crippen LogP contribution >= 0.6 is 0 Å². The zero-order valence-corrected chi connectivity index (χ0v) is 12.7. The Morgan fingerprint density at radius 1 is 1.10 bits per heavy atom. The summed E-state index contributed by atoms with van der Waals surface area (Å²) in [6, 6.07) is 12.7. The number of benzene rings is 1. The highest BCUT2D eigenvalue weighted by molar-refractivity contribution is 5.30. The number of hydrogen-bond acceptors (Lipinski definition) is 2. The van der Waals surface area contributed by atoms with Crippen LogP contribution in [0.3, 0.4) is 0 Å².